The second kappa shape index (κ2) is 6.72. The predicted octanol–water partition coefficient (Wildman–Crippen LogP) is 3.72. The molecule has 110 valence electrons. The summed E-state index contributed by atoms with van der Waals surface area (Å²) in [5, 5.41) is 3.46. The van der Waals surface area contributed by atoms with Crippen LogP contribution in [0.4, 0.5) is 5.69 Å². The third-order valence-electron chi connectivity index (χ3n) is 4.07. The molecule has 2 rings (SSSR count). The van der Waals surface area contributed by atoms with Gasteiger partial charge in [0.25, 0.3) is 5.91 Å². The first-order chi connectivity index (χ1) is 9.58. The number of benzene rings is 1. The predicted molar refractivity (Wildman–Crippen MR) is 87.5 cm³/mol. The molecule has 1 amide bonds. The summed E-state index contributed by atoms with van der Waals surface area (Å²) in [6.45, 7) is 0.693. The summed E-state index contributed by atoms with van der Waals surface area (Å²) in [5.74, 6) is -0.135. The number of nitrogens with two attached hydrogens (primary N) is 1. The van der Waals surface area contributed by atoms with Gasteiger partial charge in [0.1, 0.15) is 0 Å². The normalized spacial score (nSPS) is 17.7. The Morgan fingerprint density at radius 3 is 2.75 bits per heavy atom. The maximum atomic E-state index is 12.3. The molecule has 1 aliphatic carbocycles. The van der Waals surface area contributed by atoms with Crippen LogP contribution in [0.5, 0.6) is 0 Å². The lowest BCUT2D eigenvalue weighted by Gasteiger charge is -2.35. The maximum Gasteiger partial charge on any atom is 0.253 e. The molecule has 0 bridgehead atoms. The van der Waals surface area contributed by atoms with Crippen molar-refractivity contribution in [1.82, 2.24) is 5.32 Å². The summed E-state index contributed by atoms with van der Waals surface area (Å²) in [6, 6.07) is 5.15. The molecule has 0 atom stereocenters. The number of carbonyl (C=O) groups is 1. The number of halogens is 1. The Hall–Kier alpha value is -0.870. The Morgan fingerprint density at radius 2 is 2.10 bits per heavy atom. The molecule has 1 aromatic rings. The molecule has 0 heterocycles. The van der Waals surface area contributed by atoms with Crippen molar-refractivity contribution in [3.05, 3.63) is 28.8 Å². The highest BCUT2D eigenvalue weighted by molar-refractivity contribution is 8.00. The van der Waals surface area contributed by atoms with E-state index < -0.39 is 0 Å². The maximum absolute atomic E-state index is 12.3. The van der Waals surface area contributed by atoms with Crippen LogP contribution in [0.3, 0.4) is 0 Å². The van der Waals surface area contributed by atoms with E-state index in [1.165, 1.54) is 32.1 Å². The van der Waals surface area contributed by atoms with E-state index in [0.717, 1.165) is 0 Å². The van der Waals surface area contributed by atoms with Crippen molar-refractivity contribution in [3.63, 3.8) is 0 Å². The second-order valence-corrected chi connectivity index (χ2v) is 7.01. The van der Waals surface area contributed by atoms with Gasteiger partial charge >= 0.3 is 0 Å². The van der Waals surface area contributed by atoms with Gasteiger partial charge in [-0.15, -0.1) is 0 Å². The largest absolute Gasteiger partial charge is 0.397 e. The Balaban J connectivity index is 2.02. The molecule has 0 unspecified atom stereocenters. The Labute approximate surface area is 129 Å². The molecule has 1 saturated carbocycles. The molecule has 0 saturated heterocycles. The minimum atomic E-state index is -0.135. The standard InChI is InChI=1S/C15H21ClN2OS/c1-20-15(8-3-2-4-9-15)10-18-14(19)11-6-5-7-12(16)13(11)17/h5-7H,2-4,8-10,17H2,1H3,(H,18,19). The zero-order chi connectivity index (χ0) is 14.6. The monoisotopic (exact) mass is 312 g/mol. The van der Waals surface area contributed by atoms with Crippen molar-refractivity contribution in [2.75, 3.05) is 18.5 Å². The van der Waals surface area contributed by atoms with Gasteiger partial charge in [0.15, 0.2) is 0 Å². The molecule has 0 spiro atoms. The van der Waals surface area contributed by atoms with Gasteiger partial charge in [0, 0.05) is 11.3 Å². The van der Waals surface area contributed by atoms with E-state index in [9.17, 15) is 4.79 Å². The van der Waals surface area contributed by atoms with Gasteiger partial charge in [0.05, 0.1) is 16.3 Å². The quantitative estimate of drug-likeness (QED) is 0.833. The fraction of sp³-hybridized carbons (Fsp3) is 0.533. The zero-order valence-electron chi connectivity index (χ0n) is 11.7. The SMILES string of the molecule is CSC1(CNC(=O)c2cccc(Cl)c2N)CCCCC1. The number of nitrogen functional groups attached to an aromatic ring is 1. The van der Waals surface area contributed by atoms with E-state index in [2.05, 4.69) is 11.6 Å². The van der Waals surface area contributed by atoms with E-state index in [4.69, 9.17) is 17.3 Å². The Bertz CT molecular complexity index is 487. The lowest BCUT2D eigenvalue weighted by atomic mass is 9.88. The molecule has 3 N–H and O–H groups in total. The second-order valence-electron chi connectivity index (χ2n) is 5.33. The highest BCUT2D eigenvalue weighted by Crippen LogP contribution is 2.38. The molecule has 1 fully saturated rings. The first-order valence-electron chi connectivity index (χ1n) is 6.95. The third-order valence-corrected chi connectivity index (χ3v) is 5.81. The van der Waals surface area contributed by atoms with E-state index in [1.807, 2.05) is 11.8 Å². The molecular weight excluding hydrogens is 292 g/mol. The average Bonchev–Trinajstić information content (AvgIpc) is 2.48. The third kappa shape index (κ3) is 3.41. The van der Waals surface area contributed by atoms with Gasteiger partial charge in [-0.05, 0) is 31.2 Å². The van der Waals surface area contributed by atoms with E-state index in [1.54, 1.807) is 18.2 Å². The Kier molecular flexibility index (Phi) is 5.22. The smallest absolute Gasteiger partial charge is 0.253 e. The van der Waals surface area contributed by atoms with Crippen LogP contribution >= 0.6 is 23.4 Å². The molecule has 0 radical (unpaired) electrons. The summed E-state index contributed by atoms with van der Waals surface area (Å²) < 4.78 is 0.182. The summed E-state index contributed by atoms with van der Waals surface area (Å²) in [7, 11) is 0. The summed E-state index contributed by atoms with van der Waals surface area (Å²) in [4.78, 5) is 12.3. The fourth-order valence-electron chi connectivity index (χ4n) is 2.72. The molecule has 1 aromatic carbocycles. The number of rotatable bonds is 4. The highest BCUT2D eigenvalue weighted by Gasteiger charge is 2.31. The van der Waals surface area contributed by atoms with Crippen molar-refractivity contribution in [2.24, 2.45) is 0 Å². The molecular formula is C15H21ClN2OS. The summed E-state index contributed by atoms with van der Waals surface area (Å²) in [6.07, 6.45) is 8.26. The van der Waals surface area contributed by atoms with Crippen molar-refractivity contribution in [3.8, 4) is 0 Å². The zero-order valence-corrected chi connectivity index (χ0v) is 13.3. The van der Waals surface area contributed by atoms with Crippen LogP contribution in [-0.4, -0.2) is 23.5 Å². The van der Waals surface area contributed by atoms with Gasteiger partial charge in [-0.2, -0.15) is 11.8 Å². The van der Waals surface area contributed by atoms with Crippen LogP contribution < -0.4 is 11.1 Å². The van der Waals surface area contributed by atoms with Crippen molar-refractivity contribution in [1.29, 1.82) is 0 Å². The van der Waals surface area contributed by atoms with Gasteiger partial charge in [-0.25, -0.2) is 0 Å². The first-order valence-corrected chi connectivity index (χ1v) is 8.56. The van der Waals surface area contributed by atoms with Crippen LogP contribution in [0, 0.1) is 0 Å². The number of amides is 1. The number of hydrogen-bond acceptors (Lipinski definition) is 3. The van der Waals surface area contributed by atoms with Crippen molar-refractivity contribution < 1.29 is 4.79 Å². The highest BCUT2D eigenvalue weighted by atomic mass is 35.5. The molecule has 0 aliphatic heterocycles. The number of hydrogen-bond donors (Lipinski definition) is 2. The molecule has 3 nitrogen and oxygen atoms in total. The lowest BCUT2D eigenvalue weighted by Crippen LogP contribution is -2.41. The van der Waals surface area contributed by atoms with Crippen molar-refractivity contribution in [2.45, 2.75) is 36.9 Å². The first kappa shape index (κ1) is 15.5. The van der Waals surface area contributed by atoms with Gasteiger partial charge in [0.2, 0.25) is 0 Å². The van der Waals surface area contributed by atoms with Gasteiger partial charge in [-0.3, -0.25) is 4.79 Å². The van der Waals surface area contributed by atoms with Gasteiger partial charge < -0.3 is 11.1 Å². The number of carbonyl (C=O) groups excluding carboxylic acids is 1. The average molecular weight is 313 g/mol. The fourth-order valence-corrected chi connectivity index (χ4v) is 3.81. The van der Waals surface area contributed by atoms with Gasteiger partial charge in [-0.1, -0.05) is 36.9 Å². The molecule has 5 heteroatoms. The van der Waals surface area contributed by atoms with E-state index in [0.29, 0.717) is 22.8 Å². The number of para-hydroxylation sites is 1. The number of nitrogens with one attached hydrogen (secondary N) is 1. The minimum absolute atomic E-state index is 0.135. The van der Waals surface area contributed by atoms with Crippen LogP contribution in [0.1, 0.15) is 42.5 Å². The van der Waals surface area contributed by atoms with Crippen LogP contribution in [0.25, 0.3) is 0 Å². The van der Waals surface area contributed by atoms with E-state index in [-0.39, 0.29) is 10.7 Å². The van der Waals surface area contributed by atoms with Crippen LogP contribution in [0.2, 0.25) is 5.02 Å². The number of anilines is 1. The van der Waals surface area contributed by atoms with E-state index >= 15 is 0 Å². The molecule has 0 aromatic heterocycles. The van der Waals surface area contributed by atoms with Crippen LogP contribution in [-0.2, 0) is 0 Å². The lowest BCUT2D eigenvalue weighted by molar-refractivity contribution is 0.0948. The molecule has 20 heavy (non-hydrogen) atoms. The van der Waals surface area contributed by atoms with Crippen LogP contribution in [0.15, 0.2) is 18.2 Å². The minimum Gasteiger partial charge on any atom is -0.397 e. The number of thioether (sulfide) groups is 1. The summed E-state index contributed by atoms with van der Waals surface area (Å²) in [5.41, 5.74) is 6.68. The topological polar surface area (TPSA) is 55.1 Å². The van der Waals surface area contributed by atoms with Crippen molar-refractivity contribution >= 4 is 35.0 Å². The Morgan fingerprint density at radius 1 is 1.40 bits per heavy atom. The molecule has 1 aliphatic rings. The summed E-state index contributed by atoms with van der Waals surface area (Å²) >= 11 is 7.82.